The minimum atomic E-state index is -4.31. The van der Waals surface area contributed by atoms with Gasteiger partial charge in [0.15, 0.2) is 0 Å². The molecule has 0 fully saturated rings. The fourth-order valence-corrected chi connectivity index (χ4v) is 6.64. The molecule has 11 heteroatoms. The van der Waals surface area contributed by atoms with Crippen molar-refractivity contribution in [3.8, 4) is 0 Å². The Labute approximate surface area is 267 Å². The van der Waals surface area contributed by atoms with Gasteiger partial charge in [0.25, 0.3) is 10.0 Å². The molecule has 0 saturated carbocycles. The van der Waals surface area contributed by atoms with Crippen molar-refractivity contribution in [1.29, 1.82) is 0 Å². The van der Waals surface area contributed by atoms with Gasteiger partial charge in [0.1, 0.15) is 12.6 Å². The van der Waals surface area contributed by atoms with E-state index in [4.69, 9.17) is 34.8 Å². The first-order valence-corrected chi connectivity index (χ1v) is 15.9. The van der Waals surface area contributed by atoms with Gasteiger partial charge in [-0.2, -0.15) is 0 Å². The molecule has 1 unspecified atom stereocenters. The number of likely N-dealkylation sites (N-methyl/N-ethyl adjacent to an activating group) is 1. The highest BCUT2D eigenvalue weighted by atomic mass is 35.5. The number of carbonyl (C=O) groups excluding carboxylic acids is 2. The molecule has 7 nitrogen and oxygen atoms in total. The van der Waals surface area contributed by atoms with Crippen molar-refractivity contribution in [1.82, 2.24) is 10.2 Å². The second kappa shape index (κ2) is 14.3. The van der Waals surface area contributed by atoms with Gasteiger partial charge in [0.05, 0.1) is 20.6 Å². The van der Waals surface area contributed by atoms with Crippen LogP contribution < -0.4 is 9.62 Å². The lowest BCUT2D eigenvalue weighted by atomic mass is 10.0. The molecule has 4 aromatic carbocycles. The van der Waals surface area contributed by atoms with E-state index in [0.717, 1.165) is 15.4 Å². The summed E-state index contributed by atoms with van der Waals surface area (Å²) >= 11 is 19.3. The van der Waals surface area contributed by atoms with Gasteiger partial charge < -0.3 is 10.2 Å². The van der Waals surface area contributed by atoms with Crippen LogP contribution in [0.3, 0.4) is 0 Å². The fraction of sp³-hybridized carbons (Fsp3) is 0.188. The number of anilines is 1. The zero-order valence-electron chi connectivity index (χ0n) is 23.5. The molecular formula is C32H30Cl3N3O4S. The number of benzene rings is 4. The molecular weight excluding hydrogens is 629 g/mol. The van der Waals surface area contributed by atoms with Crippen LogP contribution in [0.2, 0.25) is 15.1 Å². The van der Waals surface area contributed by atoms with Crippen molar-refractivity contribution in [2.24, 2.45) is 0 Å². The molecule has 0 spiro atoms. The van der Waals surface area contributed by atoms with Gasteiger partial charge in [-0.05, 0) is 48.4 Å². The summed E-state index contributed by atoms with van der Waals surface area (Å²) in [4.78, 5) is 29.0. The molecule has 1 atom stereocenters. The highest BCUT2D eigenvalue weighted by Crippen LogP contribution is 2.36. The molecule has 0 saturated heterocycles. The molecule has 1 N–H and O–H groups in total. The molecule has 43 heavy (non-hydrogen) atoms. The number of hydrogen-bond acceptors (Lipinski definition) is 4. The molecule has 4 rings (SSSR count). The largest absolute Gasteiger partial charge is 0.357 e. The smallest absolute Gasteiger partial charge is 0.264 e. The van der Waals surface area contributed by atoms with Crippen LogP contribution in [0.15, 0.2) is 102 Å². The molecule has 0 aromatic heterocycles. The number of rotatable bonds is 11. The van der Waals surface area contributed by atoms with Crippen LogP contribution in [0, 0.1) is 6.92 Å². The van der Waals surface area contributed by atoms with Crippen LogP contribution in [-0.4, -0.2) is 44.8 Å². The minimum absolute atomic E-state index is 0.0281. The Morgan fingerprint density at radius 2 is 1.44 bits per heavy atom. The average molecular weight is 659 g/mol. The van der Waals surface area contributed by atoms with E-state index in [1.807, 2.05) is 37.3 Å². The lowest BCUT2D eigenvalue weighted by Crippen LogP contribution is -2.53. The standard InChI is InChI=1S/C32H30Cl3N3O4S/c1-22-15-17-25(18-16-22)43(41,42)38(28-14-8-13-27(34)31(28)35)21-30(39)37(20-24-11-6-7-12-26(24)33)29(32(40)36-2)19-23-9-4-3-5-10-23/h3-18,29H,19-21H2,1-2H3,(H,36,40). The van der Waals surface area contributed by atoms with E-state index in [-0.39, 0.29) is 33.6 Å². The van der Waals surface area contributed by atoms with Crippen molar-refractivity contribution >= 4 is 62.3 Å². The summed E-state index contributed by atoms with van der Waals surface area (Å²) in [6.07, 6.45) is 0.180. The highest BCUT2D eigenvalue weighted by Gasteiger charge is 2.35. The predicted octanol–water partition coefficient (Wildman–Crippen LogP) is 6.54. The van der Waals surface area contributed by atoms with Crippen molar-refractivity contribution in [3.05, 3.63) is 129 Å². The van der Waals surface area contributed by atoms with Gasteiger partial charge in [-0.25, -0.2) is 8.42 Å². The molecule has 0 bridgehead atoms. The van der Waals surface area contributed by atoms with E-state index >= 15 is 0 Å². The first-order chi connectivity index (χ1) is 20.5. The predicted molar refractivity (Wildman–Crippen MR) is 172 cm³/mol. The zero-order chi connectivity index (χ0) is 31.1. The summed E-state index contributed by atoms with van der Waals surface area (Å²) in [5.74, 6) is -1.06. The van der Waals surface area contributed by atoms with Gasteiger partial charge >= 0.3 is 0 Å². The van der Waals surface area contributed by atoms with E-state index in [2.05, 4.69) is 5.32 Å². The number of carbonyl (C=O) groups is 2. The minimum Gasteiger partial charge on any atom is -0.357 e. The molecule has 0 aliphatic carbocycles. The number of nitrogens with zero attached hydrogens (tertiary/aromatic N) is 2. The second-order valence-corrected chi connectivity index (χ2v) is 12.9. The summed E-state index contributed by atoms with van der Waals surface area (Å²) < 4.78 is 29.1. The molecule has 224 valence electrons. The van der Waals surface area contributed by atoms with E-state index in [9.17, 15) is 18.0 Å². The Bertz CT molecular complexity index is 1700. The summed E-state index contributed by atoms with van der Waals surface area (Å²) in [6.45, 7) is 1.12. The topological polar surface area (TPSA) is 86.8 Å². The van der Waals surface area contributed by atoms with Crippen LogP contribution in [0.1, 0.15) is 16.7 Å². The fourth-order valence-electron chi connectivity index (χ4n) is 4.57. The first kappa shape index (κ1) is 32.4. The number of nitrogens with one attached hydrogen (secondary N) is 1. The quantitative estimate of drug-likeness (QED) is 0.198. The summed E-state index contributed by atoms with van der Waals surface area (Å²) in [7, 11) is -2.83. The highest BCUT2D eigenvalue weighted by molar-refractivity contribution is 7.92. The molecule has 0 heterocycles. The first-order valence-electron chi connectivity index (χ1n) is 13.3. The molecule has 2 amide bonds. The van der Waals surface area contributed by atoms with Gasteiger partial charge in [-0.3, -0.25) is 13.9 Å². The maximum atomic E-state index is 14.3. The number of hydrogen-bond donors (Lipinski definition) is 1. The molecule has 0 radical (unpaired) electrons. The Morgan fingerprint density at radius 3 is 2.09 bits per heavy atom. The van der Waals surface area contributed by atoms with E-state index in [1.165, 1.54) is 36.2 Å². The average Bonchev–Trinajstić information content (AvgIpc) is 3.00. The van der Waals surface area contributed by atoms with Crippen LogP contribution in [0.25, 0.3) is 0 Å². The molecule has 0 aliphatic rings. The monoisotopic (exact) mass is 657 g/mol. The third-order valence-corrected chi connectivity index (χ3v) is 9.86. The van der Waals surface area contributed by atoms with E-state index in [0.29, 0.717) is 10.6 Å². The van der Waals surface area contributed by atoms with Gasteiger partial charge in [0.2, 0.25) is 11.8 Å². The second-order valence-electron chi connectivity index (χ2n) is 9.83. The van der Waals surface area contributed by atoms with Crippen molar-refractivity contribution in [3.63, 3.8) is 0 Å². The number of sulfonamides is 1. The van der Waals surface area contributed by atoms with Crippen LogP contribution >= 0.6 is 34.8 Å². The Kier molecular flexibility index (Phi) is 10.7. The van der Waals surface area contributed by atoms with E-state index in [1.54, 1.807) is 42.5 Å². The Hall–Kier alpha value is -3.56. The third kappa shape index (κ3) is 7.70. The van der Waals surface area contributed by atoms with Gasteiger partial charge in [0, 0.05) is 25.0 Å². The number of aryl methyl sites for hydroxylation is 1. The Morgan fingerprint density at radius 1 is 0.814 bits per heavy atom. The maximum Gasteiger partial charge on any atom is 0.264 e. The lowest BCUT2D eigenvalue weighted by Gasteiger charge is -2.34. The van der Waals surface area contributed by atoms with Crippen LogP contribution in [0.4, 0.5) is 5.69 Å². The lowest BCUT2D eigenvalue weighted by molar-refractivity contribution is -0.139. The third-order valence-electron chi connectivity index (χ3n) is 6.90. The van der Waals surface area contributed by atoms with Gasteiger partial charge in [-0.15, -0.1) is 0 Å². The van der Waals surface area contributed by atoms with Crippen LogP contribution in [0.5, 0.6) is 0 Å². The van der Waals surface area contributed by atoms with Crippen molar-refractivity contribution in [2.45, 2.75) is 30.8 Å². The maximum absolute atomic E-state index is 14.3. The van der Waals surface area contributed by atoms with Crippen LogP contribution in [-0.2, 0) is 32.6 Å². The van der Waals surface area contributed by atoms with Crippen molar-refractivity contribution in [2.75, 3.05) is 17.9 Å². The summed E-state index contributed by atoms with van der Waals surface area (Å²) in [5, 5.41) is 3.14. The molecule has 4 aromatic rings. The SMILES string of the molecule is CNC(=O)C(Cc1ccccc1)N(Cc1ccccc1Cl)C(=O)CN(c1cccc(Cl)c1Cl)S(=O)(=O)c1ccc(C)cc1. The number of amides is 2. The van der Waals surface area contributed by atoms with Crippen molar-refractivity contribution < 1.29 is 18.0 Å². The van der Waals surface area contributed by atoms with E-state index < -0.39 is 34.4 Å². The Balaban J connectivity index is 1.83. The number of halogens is 3. The zero-order valence-corrected chi connectivity index (χ0v) is 26.6. The molecule has 0 aliphatic heterocycles. The summed E-state index contributed by atoms with van der Waals surface area (Å²) in [5.41, 5.74) is 2.30. The van der Waals surface area contributed by atoms with Gasteiger partial charge in [-0.1, -0.05) is 107 Å². The normalized spacial score (nSPS) is 11.9. The summed E-state index contributed by atoms with van der Waals surface area (Å²) in [6, 6.07) is 26.0.